The van der Waals surface area contributed by atoms with Crippen molar-refractivity contribution in [3.8, 4) is 0 Å². The van der Waals surface area contributed by atoms with E-state index in [9.17, 15) is 43.2 Å². The maximum Gasteiger partial charge on any atom is 0.472 e. The first-order chi connectivity index (χ1) is 44.7. The van der Waals surface area contributed by atoms with E-state index >= 15 is 0 Å². The molecular formula is C73H134O17P2. The Morgan fingerprint density at radius 1 is 0.315 bits per heavy atom. The first-order valence-electron chi connectivity index (χ1n) is 36.9. The lowest BCUT2D eigenvalue weighted by Crippen LogP contribution is -2.30. The number of hydrogen-bond donors (Lipinski definition) is 3. The van der Waals surface area contributed by atoms with Crippen LogP contribution >= 0.6 is 15.6 Å². The molecule has 0 heterocycles. The summed E-state index contributed by atoms with van der Waals surface area (Å²) in [6.45, 7) is 4.75. The van der Waals surface area contributed by atoms with Gasteiger partial charge in [0.25, 0.3) is 0 Å². The van der Waals surface area contributed by atoms with Crippen molar-refractivity contribution in [1.29, 1.82) is 0 Å². The Bertz CT molecular complexity index is 1940. The van der Waals surface area contributed by atoms with Gasteiger partial charge in [0.05, 0.1) is 26.4 Å². The van der Waals surface area contributed by atoms with Gasteiger partial charge in [0.2, 0.25) is 0 Å². The monoisotopic (exact) mass is 1340 g/mol. The fourth-order valence-corrected chi connectivity index (χ4v) is 11.8. The van der Waals surface area contributed by atoms with Gasteiger partial charge in [-0.2, -0.15) is 0 Å². The summed E-state index contributed by atoms with van der Waals surface area (Å²) in [5.41, 5.74) is 0. The van der Waals surface area contributed by atoms with Crippen LogP contribution in [0, 0.1) is 0 Å². The normalized spacial score (nSPS) is 14.3. The van der Waals surface area contributed by atoms with Crippen molar-refractivity contribution in [3.63, 3.8) is 0 Å². The van der Waals surface area contributed by atoms with Crippen LogP contribution in [0.1, 0.15) is 336 Å². The van der Waals surface area contributed by atoms with Crippen LogP contribution in [0.15, 0.2) is 48.6 Å². The van der Waals surface area contributed by atoms with E-state index in [0.717, 1.165) is 135 Å². The molecule has 0 aliphatic heterocycles. The van der Waals surface area contributed by atoms with Gasteiger partial charge in [-0.15, -0.1) is 0 Å². The molecule has 0 saturated carbocycles. The van der Waals surface area contributed by atoms with Gasteiger partial charge in [0.1, 0.15) is 19.3 Å². The lowest BCUT2D eigenvalue weighted by Gasteiger charge is -2.21. The Morgan fingerprint density at radius 3 is 0.891 bits per heavy atom. The molecule has 0 spiro atoms. The summed E-state index contributed by atoms with van der Waals surface area (Å²) >= 11 is 0. The molecule has 0 fully saturated rings. The van der Waals surface area contributed by atoms with Crippen molar-refractivity contribution >= 4 is 39.5 Å². The lowest BCUT2D eigenvalue weighted by molar-refractivity contribution is -0.161. The van der Waals surface area contributed by atoms with Gasteiger partial charge in [0, 0.05) is 25.7 Å². The molecule has 538 valence electrons. The number of aliphatic hydroxyl groups excluding tert-OH is 1. The minimum absolute atomic E-state index is 0.0854. The summed E-state index contributed by atoms with van der Waals surface area (Å²) in [7, 11) is -9.92. The van der Waals surface area contributed by atoms with Crippen LogP contribution in [0.3, 0.4) is 0 Å². The molecule has 0 aromatic rings. The number of carbonyl (C=O) groups is 4. The summed E-state index contributed by atoms with van der Waals surface area (Å²) in [6, 6.07) is 0. The van der Waals surface area contributed by atoms with Crippen LogP contribution in [-0.4, -0.2) is 96.7 Å². The minimum atomic E-state index is -4.97. The number of phosphoric ester groups is 2. The maximum absolute atomic E-state index is 13.0. The van der Waals surface area contributed by atoms with Crippen LogP contribution in [0.4, 0.5) is 0 Å². The van der Waals surface area contributed by atoms with Crippen molar-refractivity contribution < 1.29 is 80.2 Å². The van der Waals surface area contributed by atoms with E-state index in [-0.39, 0.29) is 25.7 Å². The zero-order chi connectivity index (χ0) is 67.5. The van der Waals surface area contributed by atoms with E-state index in [1.165, 1.54) is 122 Å². The molecule has 3 N–H and O–H groups in total. The van der Waals surface area contributed by atoms with Crippen molar-refractivity contribution in [2.24, 2.45) is 0 Å². The number of esters is 4. The molecule has 0 aliphatic rings. The highest BCUT2D eigenvalue weighted by Gasteiger charge is 2.30. The first-order valence-corrected chi connectivity index (χ1v) is 39.9. The van der Waals surface area contributed by atoms with Gasteiger partial charge in [-0.3, -0.25) is 37.3 Å². The molecule has 0 saturated heterocycles. The van der Waals surface area contributed by atoms with E-state index in [2.05, 4.69) is 76.3 Å². The third kappa shape index (κ3) is 65.7. The summed E-state index contributed by atoms with van der Waals surface area (Å²) in [6.07, 6.45) is 61.1. The molecule has 0 rings (SSSR count). The summed E-state index contributed by atoms with van der Waals surface area (Å²) < 4.78 is 68.3. The maximum atomic E-state index is 13.0. The van der Waals surface area contributed by atoms with E-state index in [0.29, 0.717) is 25.7 Å². The number of ether oxygens (including phenoxy) is 4. The van der Waals surface area contributed by atoms with Gasteiger partial charge in [0.15, 0.2) is 12.2 Å². The van der Waals surface area contributed by atoms with Crippen molar-refractivity contribution in [2.75, 3.05) is 39.6 Å². The number of unbranched alkanes of at least 4 members (excludes halogenated alkanes) is 36. The summed E-state index contributed by atoms with van der Waals surface area (Å²) in [5, 5.41) is 10.6. The second-order valence-electron chi connectivity index (χ2n) is 24.9. The quantitative estimate of drug-likeness (QED) is 0.0169. The lowest BCUT2D eigenvalue weighted by atomic mass is 10.0. The summed E-state index contributed by atoms with van der Waals surface area (Å²) in [4.78, 5) is 72.6. The number of rotatable bonds is 70. The van der Waals surface area contributed by atoms with Crippen LogP contribution in [-0.2, 0) is 65.4 Å². The largest absolute Gasteiger partial charge is 0.472 e. The van der Waals surface area contributed by atoms with E-state index in [1.807, 2.05) is 0 Å². The zero-order valence-electron chi connectivity index (χ0n) is 58.5. The number of aliphatic hydroxyl groups is 1. The molecule has 0 aromatic heterocycles. The summed E-state index contributed by atoms with van der Waals surface area (Å²) in [5.74, 6) is -2.17. The van der Waals surface area contributed by atoms with Gasteiger partial charge in [-0.05, 0) is 83.5 Å². The predicted octanol–water partition coefficient (Wildman–Crippen LogP) is 20.6. The van der Waals surface area contributed by atoms with Crippen LogP contribution in [0.2, 0.25) is 0 Å². The highest BCUT2D eigenvalue weighted by atomic mass is 31.2. The number of allylic oxidation sites excluding steroid dienone is 8. The Labute approximate surface area is 559 Å². The Kier molecular flexibility index (Phi) is 64.5. The van der Waals surface area contributed by atoms with Crippen LogP contribution in [0.25, 0.3) is 0 Å². The molecule has 19 heteroatoms. The topological polar surface area (TPSA) is 237 Å². The molecular weight excluding hydrogens is 1210 g/mol. The van der Waals surface area contributed by atoms with E-state index in [1.54, 1.807) is 0 Å². The van der Waals surface area contributed by atoms with Gasteiger partial charge in [-0.1, -0.05) is 275 Å². The standard InChI is InChI=1S/C73H134O17P2/c1-5-9-13-17-21-25-29-32-33-36-39-42-46-50-54-58-71(76)84-64-69(90-73(78)60-56-52-48-44-40-35-31-27-23-19-15-11-7-3)66-88-92(81,82)86-62-67(74)61-85-91(79,80)87-65-68(89-72(77)59-55-51-47-43-37-28-24-20-16-12-8-4)63-83-70(75)57-53-49-45-41-38-34-30-26-22-18-14-10-6-2/h9,13,21,25,27,31-33,67-69,74H,5-8,10-12,14-20,22-24,26,28-30,34-66H2,1-4H3,(H,79,80)(H,81,82)/b13-9-,25-21-,31-27-,33-32-. The molecule has 0 bridgehead atoms. The van der Waals surface area contributed by atoms with Crippen molar-refractivity contribution in [3.05, 3.63) is 48.6 Å². The van der Waals surface area contributed by atoms with Crippen molar-refractivity contribution in [2.45, 2.75) is 354 Å². The van der Waals surface area contributed by atoms with Gasteiger partial charge in [-0.25, -0.2) is 9.13 Å². The fourth-order valence-electron chi connectivity index (χ4n) is 10.2. The molecule has 0 aromatic carbocycles. The molecule has 17 nitrogen and oxygen atoms in total. The van der Waals surface area contributed by atoms with Crippen LogP contribution in [0.5, 0.6) is 0 Å². The minimum Gasteiger partial charge on any atom is -0.462 e. The molecule has 0 amide bonds. The average molecular weight is 1350 g/mol. The fraction of sp³-hybridized carbons (Fsp3) is 0.836. The van der Waals surface area contributed by atoms with Gasteiger partial charge < -0.3 is 33.8 Å². The Balaban J connectivity index is 5.30. The predicted molar refractivity (Wildman–Crippen MR) is 372 cm³/mol. The highest BCUT2D eigenvalue weighted by molar-refractivity contribution is 7.47. The second kappa shape index (κ2) is 66.6. The second-order valence-corrected chi connectivity index (χ2v) is 27.8. The van der Waals surface area contributed by atoms with E-state index < -0.39 is 97.5 Å². The van der Waals surface area contributed by atoms with E-state index in [4.69, 9.17) is 37.0 Å². The zero-order valence-corrected chi connectivity index (χ0v) is 60.3. The highest BCUT2D eigenvalue weighted by Crippen LogP contribution is 2.45. The average Bonchev–Trinajstić information content (AvgIpc) is 2.73. The van der Waals surface area contributed by atoms with Crippen LogP contribution < -0.4 is 0 Å². The SMILES string of the molecule is CC/C=C\C/C=C\C/C=C\CCCCCCCC(=O)OCC(COP(=O)(O)OCC(O)COP(=O)(O)OCC(COC(=O)CCCCCCCCCCCCCCC)OC(=O)CCCCCCCCCCCCC)OC(=O)CCCCCCC/C=C\CCCCCC. The molecule has 5 atom stereocenters. The Hall–Kier alpha value is -2.98. The van der Waals surface area contributed by atoms with Crippen molar-refractivity contribution in [1.82, 2.24) is 0 Å². The van der Waals surface area contributed by atoms with Gasteiger partial charge >= 0.3 is 39.5 Å². The first kappa shape index (κ1) is 89.0. The third-order valence-corrected chi connectivity index (χ3v) is 17.7. The smallest absolute Gasteiger partial charge is 0.462 e. The number of hydrogen-bond acceptors (Lipinski definition) is 15. The molecule has 0 radical (unpaired) electrons. The number of carbonyl (C=O) groups excluding carboxylic acids is 4. The molecule has 0 aliphatic carbocycles. The Morgan fingerprint density at radius 2 is 0.565 bits per heavy atom. The third-order valence-electron chi connectivity index (χ3n) is 15.8. The molecule has 92 heavy (non-hydrogen) atoms. The number of phosphoric acid groups is 2. The molecule has 5 unspecified atom stereocenters.